The number of carbonyl (C=O) groups is 2. The van der Waals surface area contributed by atoms with Crippen LogP contribution >= 0.6 is 11.8 Å². The molecule has 0 saturated heterocycles. The molecule has 0 spiro atoms. The Bertz CT molecular complexity index is 734. The predicted molar refractivity (Wildman–Crippen MR) is 83.6 cm³/mol. The highest BCUT2D eigenvalue weighted by Crippen LogP contribution is 2.16. The van der Waals surface area contributed by atoms with E-state index < -0.39 is 17.4 Å². The predicted octanol–water partition coefficient (Wildman–Crippen LogP) is 1.96. The number of thioether (sulfide) groups is 1. The molecule has 0 atom stereocenters. The van der Waals surface area contributed by atoms with Crippen molar-refractivity contribution in [2.75, 3.05) is 12.9 Å². The molecule has 1 aromatic heterocycles. The molecule has 0 amide bonds. The first-order valence-electron chi connectivity index (χ1n) is 6.71. The maximum absolute atomic E-state index is 12.3. The molecule has 2 rings (SSSR count). The van der Waals surface area contributed by atoms with E-state index in [1.165, 1.54) is 11.8 Å². The molecule has 1 N–H and O–H groups in total. The van der Waals surface area contributed by atoms with Gasteiger partial charge in [0, 0.05) is 0 Å². The van der Waals surface area contributed by atoms with Crippen LogP contribution in [0.4, 0.5) is 0 Å². The smallest absolute Gasteiger partial charge is 0.346 e. The first-order chi connectivity index (χ1) is 10.6. The SMILES string of the molecule is CCOC(=O)c1c(SC)[nH]n(C(=O)Cc2ccccc2)c1=O. The molecule has 0 fully saturated rings. The molecule has 0 saturated carbocycles. The Labute approximate surface area is 131 Å². The van der Waals surface area contributed by atoms with E-state index in [9.17, 15) is 14.4 Å². The number of H-pyrrole nitrogens is 1. The van der Waals surface area contributed by atoms with Crippen molar-refractivity contribution < 1.29 is 14.3 Å². The first-order valence-corrected chi connectivity index (χ1v) is 7.94. The highest BCUT2D eigenvalue weighted by atomic mass is 32.2. The summed E-state index contributed by atoms with van der Waals surface area (Å²) in [5.41, 5.74) is -0.0168. The lowest BCUT2D eigenvalue weighted by molar-refractivity contribution is 0.0521. The van der Waals surface area contributed by atoms with Gasteiger partial charge in [-0.15, -0.1) is 11.8 Å². The minimum absolute atomic E-state index is 0.0668. The van der Waals surface area contributed by atoms with E-state index in [1.807, 2.05) is 18.2 Å². The van der Waals surface area contributed by atoms with Gasteiger partial charge in [0.25, 0.3) is 11.5 Å². The standard InChI is InChI=1S/C15H16N2O4S/c1-3-21-15(20)12-13(22-2)16-17(14(12)19)11(18)9-10-7-5-4-6-8-10/h4-8,16H,3,9H2,1-2H3. The zero-order chi connectivity index (χ0) is 16.1. The molecule has 7 heteroatoms. The van der Waals surface area contributed by atoms with Gasteiger partial charge >= 0.3 is 5.97 Å². The Kier molecular flexibility index (Phi) is 5.21. The van der Waals surface area contributed by atoms with Crippen LogP contribution in [0.25, 0.3) is 0 Å². The monoisotopic (exact) mass is 320 g/mol. The third-order valence-corrected chi connectivity index (χ3v) is 3.69. The van der Waals surface area contributed by atoms with Crippen LogP contribution in [0.15, 0.2) is 40.2 Å². The number of hydrogen-bond acceptors (Lipinski definition) is 5. The number of ether oxygens (including phenoxy) is 1. The Hall–Kier alpha value is -2.28. The number of esters is 1. The summed E-state index contributed by atoms with van der Waals surface area (Å²) in [6.45, 7) is 1.82. The van der Waals surface area contributed by atoms with Crippen molar-refractivity contribution in [2.24, 2.45) is 0 Å². The van der Waals surface area contributed by atoms with Crippen molar-refractivity contribution in [3.63, 3.8) is 0 Å². The van der Waals surface area contributed by atoms with Gasteiger partial charge in [0.15, 0.2) is 5.56 Å². The lowest BCUT2D eigenvalue weighted by Gasteiger charge is -2.00. The lowest BCUT2D eigenvalue weighted by atomic mass is 10.1. The molecule has 0 aliphatic heterocycles. The number of aromatic nitrogens is 2. The summed E-state index contributed by atoms with van der Waals surface area (Å²) in [5.74, 6) is -1.15. The van der Waals surface area contributed by atoms with Gasteiger partial charge in [-0.3, -0.25) is 14.7 Å². The van der Waals surface area contributed by atoms with Gasteiger partial charge in [-0.25, -0.2) is 4.79 Å². The Morgan fingerprint density at radius 1 is 1.27 bits per heavy atom. The number of hydrogen-bond donors (Lipinski definition) is 1. The van der Waals surface area contributed by atoms with E-state index in [1.54, 1.807) is 25.3 Å². The van der Waals surface area contributed by atoms with E-state index in [-0.39, 0.29) is 18.6 Å². The molecule has 1 aromatic carbocycles. The molecule has 0 radical (unpaired) electrons. The molecule has 6 nitrogen and oxygen atoms in total. The number of rotatable bonds is 5. The van der Waals surface area contributed by atoms with Crippen LogP contribution in [-0.4, -0.2) is 34.5 Å². The quantitative estimate of drug-likeness (QED) is 0.673. The summed E-state index contributed by atoms with van der Waals surface area (Å²) in [6, 6.07) is 9.08. The van der Waals surface area contributed by atoms with E-state index in [0.29, 0.717) is 5.03 Å². The van der Waals surface area contributed by atoms with Gasteiger partial charge in [0.05, 0.1) is 13.0 Å². The molecule has 0 bridgehead atoms. The van der Waals surface area contributed by atoms with Crippen LogP contribution in [-0.2, 0) is 11.2 Å². The molecule has 0 aliphatic carbocycles. The van der Waals surface area contributed by atoms with Crippen LogP contribution in [0.1, 0.15) is 27.6 Å². The summed E-state index contributed by atoms with van der Waals surface area (Å²) >= 11 is 1.18. The molecule has 22 heavy (non-hydrogen) atoms. The van der Waals surface area contributed by atoms with Crippen LogP contribution in [0.3, 0.4) is 0 Å². The molecule has 0 unspecified atom stereocenters. The third-order valence-electron chi connectivity index (χ3n) is 2.99. The number of aromatic amines is 1. The lowest BCUT2D eigenvalue weighted by Crippen LogP contribution is -2.29. The second kappa shape index (κ2) is 7.13. The maximum Gasteiger partial charge on any atom is 0.346 e. The van der Waals surface area contributed by atoms with Gasteiger partial charge in [0.2, 0.25) is 0 Å². The summed E-state index contributed by atoms with van der Waals surface area (Å²) in [5, 5.41) is 3.00. The van der Waals surface area contributed by atoms with Crippen molar-refractivity contribution in [1.29, 1.82) is 0 Å². The van der Waals surface area contributed by atoms with Crippen molar-refractivity contribution in [3.05, 3.63) is 51.8 Å². The van der Waals surface area contributed by atoms with Gasteiger partial charge in [-0.2, -0.15) is 4.68 Å². The van der Waals surface area contributed by atoms with Crippen LogP contribution in [0, 0.1) is 0 Å². The summed E-state index contributed by atoms with van der Waals surface area (Å²) in [7, 11) is 0. The maximum atomic E-state index is 12.3. The average molecular weight is 320 g/mol. The van der Waals surface area contributed by atoms with Gasteiger partial charge in [0.1, 0.15) is 5.03 Å². The fraction of sp³-hybridized carbons (Fsp3) is 0.267. The van der Waals surface area contributed by atoms with E-state index in [0.717, 1.165) is 10.2 Å². The Morgan fingerprint density at radius 2 is 1.95 bits per heavy atom. The van der Waals surface area contributed by atoms with Gasteiger partial charge in [-0.05, 0) is 18.7 Å². The number of carbonyl (C=O) groups excluding carboxylic acids is 2. The van der Waals surface area contributed by atoms with E-state index in [4.69, 9.17) is 4.74 Å². The van der Waals surface area contributed by atoms with Crippen LogP contribution < -0.4 is 5.56 Å². The average Bonchev–Trinajstić information content (AvgIpc) is 2.85. The van der Waals surface area contributed by atoms with Crippen molar-refractivity contribution in [1.82, 2.24) is 9.78 Å². The van der Waals surface area contributed by atoms with Gasteiger partial charge < -0.3 is 4.74 Å². The minimum Gasteiger partial charge on any atom is -0.462 e. The Morgan fingerprint density at radius 3 is 2.55 bits per heavy atom. The fourth-order valence-corrected chi connectivity index (χ4v) is 2.53. The topological polar surface area (TPSA) is 81.2 Å². The second-order valence-corrected chi connectivity index (χ2v) is 5.25. The number of nitrogens with zero attached hydrogens (tertiary/aromatic N) is 1. The number of nitrogens with one attached hydrogen (secondary N) is 1. The van der Waals surface area contributed by atoms with Crippen LogP contribution in [0.5, 0.6) is 0 Å². The van der Waals surface area contributed by atoms with Crippen LogP contribution in [0.2, 0.25) is 0 Å². The zero-order valence-corrected chi connectivity index (χ0v) is 13.1. The minimum atomic E-state index is -0.723. The highest BCUT2D eigenvalue weighted by Gasteiger charge is 2.24. The normalized spacial score (nSPS) is 10.5. The Balaban J connectivity index is 2.34. The molecular formula is C15H16N2O4S. The van der Waals surface area contributed by atoms with Crippen molar-refractivity contribution in [3.8, 4) is 0 Å². The molecule has 0 aliphatic rings. The van der Waals surface area contributed by atoms with E-state index >= 15 is 0 Å². The molecule has 2 aromatic rings. The summed E-state index contributed by atoms with van der Waals surface area (Å²) < 4.78 is 5.73. The zero-order valence-electron chi connectivity index (χ0n) is 12.3. The van der Waals surface area contributed by atoms with Crippen molar-refractivity contribution >= 4 is 23.6 Å². The largest absolute Gasteiger partial charge is 0.462 e. The first kappa shape index (κ1) is 16.1. The second-order valence-electron chi connectivity index (χ2n) is 4.44. The van der Waals surface area contributed by atoms with Gasteiger partial charge in [-0.1, -0.05) is 30.3 Å². The molecular weight excluding hydrogens is 304 g/mol. The molecule has 1 heterocycles. The fourth-order valence-electron chi connectivity index (χ4n) is 1.97. The van der Waals surface area contributed by atoms with Crippen molar-refractivity contribution in [2.45, 2.75) is 18.4 Å². The molecule has 116 valence electrons. The summed E-state index contributed by atoms with van der Waals surface area (Å²) in [6.07, 6.45) is 1.78. The van der Waals surface area contributed by atoms with E-state index in [2.05, 4.69) is 5.10 Å². The third kappa shape index (κ3) is 3.30. The summed E-state index contributed by atoms with van der Waals surface area (Å²) in [4.78, 5) is 36.4. The number of benzene rings is 1. The highest BCUT2D eigenvalue weighted by molar-refractivity contribution is 7.98.